The summed E-state index contributed by atoms with van der Waals surface area (Å²) in [6.07, 6.45) is 1.32. The Hall–Kier alpha value is -3.48. The minimum Gasteiger partial charge on any atom is -0.384 e. The number of pyridine rings is 2. The average Bonchev–Trinajstić information content (AvgIpc) is 2.63. The Balaban J connectivity index is 2.10. The van der Waals surface area contributed by atoms with Crippen molar-refractivity contribution in [2.75, 3.05) is 5.73 Å². The first-order valence-corrected chi connectivity index (χ1v) is 7.91. The zero-order chi connectivity index (χ0) is 19.1. The molecule has 0 radical (unpaired) electrons. The van der Waals surface area contributed by atoms with Crippen molar-refractivity contribution in [3.63, 3.8) is 0 Å². The molecule has 0 spiro atoms. The largest absolute Gasteiger partial charge is 0.384 e. The summed E-state index contributed by atoms with van der Waals surface area (Å²) < 4.78 is 56.5. The molecule has 2 aromatic heterocycles. The summed E-state index contributed by atoms with van der Waals surface area (Å²) in [5.41, 5.74) is 5.67. The summed E-state index contributed by atoms with van der Waals surface area (Å²) in [5, 5.41) is 0.335. The maximum absolute atomic E-state index is 14.3. The fraction of sp³-hybridized carbons (Fsp3) is 0. The highest BCUT2D eigenvalue weighted by Gasteiger charge is 2.20. The molecule has 0 unspecified atom stereocenters. The van der Waals surface area contributed by atoms with Crippen molar-refractivity contribution in [3.05, 3.63) is 78.0 Å². The summed E-state index contributed by atoms with van der Waals surface area (Å²) in [6.45, 7) is 0. The highest BCUT2D eigenvalue weighted by atomic mass is 19.2. The Bertz CT molecular complexity index is 1170. The van der Waals surface area contributed by atoms with Gasteiger partial charge in [0.15, 0.2) is 11.6 Å². The van der Waals surface area contributed by atoms with E-state index in [4.69, 9.17) is 5.73 Å². The van der Waals surface area contributed by atoms with Crippen molar-refractivity contribution < 1.29 is 17.6 Å². The van der Waals surface area contributed by atoms with E-state index in [9.17, 15) is 17.6 Å². The summed E-state index contributed by atoms with van der Waals surface area (Å²) in [4.78, 5) is 8.19. The van der Waals surface area contributed by atoms with Crippen LogP contribution in [0.3, 0.4) is 0 Å². The molecule has 0 amide bonds. The first kappa shape index (κ1) is 17.0. The number of hydrogen-bond donors (Lipinski definition) is 1. The number of anilines is 1. The number of nitrogens with zero attached hydrogens (tertiary/aromatic N) is 2. The molecule has 7 heteroatoms. The minimum absolute atomic E-state index is 0.0211. The summed E-state index contributed by atoms with van der Waals surface area (Å²) in [5.74, 6) is -3.74. The molecule has 2 aromatic carbocycles. The van der Waals surface area contributed by atoms with Crippen molar-refractivity contribution in [1.29, 1.82) is 0 Å². The molecule has 0 atom stereocenters. The second-order valence-electron chi connectivity index (χ2n) is 5.85. The summed E-state index contributed by atoms with van der Waals surface area (Å²) >= 11 is 0. The van der Waals surface area contributed by atoms with Crippen LogP contribution in [0.5, 0.6) is 0 Å². The van der Waals surface area contributed by atoms with Crippen LogP contribution in [-0.2, 0) is 0 Å². The van der Waals surface area contributed by atoms with Gasteiger partial charge in [0.2, 0.25) is 0 Å². The first-order chi connectivity index (χ1) is 13.0. The topological polar surface area (TPSA) is 51.8 Å². The molecule has 134 valence electrons. The Kier molecular flexibility index (Phi) is 3.99. The van der Waals surface area contributed by atoms with Gasteiger partial charge in [0.1, 0.15) is 23.1 Å². The van der Waals surface area contributed by atoms with Crippen molar-refractivity contribution in [2.45, 2.75) is 0 Å². The zero-order valence-electron chi connectivity index (χ0n) is 13.7. The standard InChI is InChI=1S/C20H11F4N3/c21-13-4-2-5-14(22)17(13)20-19-11(7-8-26-20)12(9-16(25)27-19)10-3-1-6-15(23)18(10)24/h1-9H,(H2,25,27). The van der Waals surface area contributed by atoms with Gasteiger partial charge in [-0.15, -0.1) is 0 Å². The zero-order valence-corrected chi connectivity index (χ0v) is 13.7. The predicted octanol–water partition coefficient (Wildman–Crippen LogP) is 5.10. The van der Waals surface area contributed by atoms with Gasteiger partial charge in [0.05, 0.1) is 11.1 Å². The Morgan fingerprint density at radius 1 is 0.778 bits per heavy atom. The number of aromatic nitrogens is 2. The van der Waals surface area contributed by atoms with Gasteiger partial charge in [-0.25, -0.2) is 22.5 Å². The lowest BCUT2D eigenvalue weighted by Crippen LogP contribution is -2.00. The molecule has 2 N–H and O–H groups in total. The summed E-state index contributed by atoms with van der Waals surface area (Å²) in [6, 6.07) is 10.0. The van der Waals surface area contributed by atoms with E-state index in [2.05, 4.69) is 9.97 Å². The third-order valence-corrected chi connectivity index (χ3v) is 4.19. The number of nitrogen functional groups attached to an aromatic ring is 1. The summed E-state index contributed by atoms with van der Waals surface area (Å²) in [7, 11) is 0. The molecule has 0 saturated carbocycles. The predicted molar refractivity (Wildman–Crippen MR) is 94.7 cm³/mol. The van der Waals surface area contributed by atoms with Crippen molar-refractivity contribution >= 4 is 16.7 Å². The Morgan fingerprint density at radius 2 is 1.44 bits per heavy atom. The number of rotatable bonds is 2. The SMILES string of the molecule is Nc1cc(-c2cccc(F)c2F)c2ccnc(-c3c(F)cccc3F)c2n1. The van der Waals surface area contributed by atoms with E-state index in [0.29, 0.717) is 5.39 Å². The Labute approximate surface area is 151 Å². The Morgan fingerprint density at radius 3 is 2.19 bits per heavy atom. The van der Waals surface area contributed by atoms with Crippen molar-refractivity contribution in [2.24, 2.45) is 0 Å². The van der Waals surface area contributed by atoms with E-state index in [1.807, 2.05) is 0 Å². The molecule has 27 heavy (non-hydrogen) atoms. The molecular formula is C20H11F4N3. The van der Waals surface area contributed by atoms with Gasteiger partial charge >= 0.3 is 0 Å². The van der Waals surface area contributed by atoms with E-state index in [1.165, 1.54) is 36.5 Å². The number of nitrogens with two attached hydrogens (primary N) is 1. The van der Waals surface area contributed by atoms with Crippen LogP contribution < -0.4 is 5.73 Å². The molecule has 4 aromatic rings. The maximum Gasteiger partial charge on any atom is 0.166 e. The fourth-order valence-corrected chi connectivity index (χ4v) is 3.01. The van der Waals surface area contributed by atoms with Crippen LogP contribution in [0.15, 0.2) is 54.7 Å². The van der Waals surface area contributed by atoms with E-state index in [1.54, 1.807) is 0 Å². The first-order valence-electron chi connectivity index (χ1n) is 7.91. The van der Waals surface area contributed by atoms with Gasteiger partial charge in [-0.1, -0.05) is 18.2 Å². The molecule has 0 aliphatic heterocycles. The third kappa shape index (κ3) is 2.77. The molecule has 3 nitrogen and oxygen atoms in total. The van der Waals surface area contributed by atoms with Gasteiger partial charge in [-0.05, 0) is 35.9 Å². The van der Waals surface area contributed by atoms with Gasteiger partial charge in [-0.2, -0.15) is 0 Å². The lowest BCUT2D eigenvalue weighted by atomic mass is 9.98. The minimum atomic E-state index is -1.06. The van der Waals surface area contributed by atoms with E-state index in [-0.39, 0.29) is 33.7 Å². The second kappa shape index (κ2) is 6.35. The number of fused-ring (bicyclic) bond motifs is 1. The van der Waals surface area contributed by atoms with Crippen LogP contribution in [0.1, 0.15) is 0 Å². The average molecular weight is 369 g/mol. The maximum atomic E-state index is 14.3. The monoisotopic (exact) mass is 369 g/mol. The number of hydrogen-bond acceptors (Lipinski definition) is 3. The van der Waals surface area contributed by atoms with Gasteiger partial charge in [-0.3, -0.25) is 4.98 Å². The van der Waals surface area contributed by atoms with Crippen molar-refractivity contribution in [3.8, 4) is 22.4 Å². The molecule has 0 aliphatic rings. The lowest BCUT2D eigenvalue weighted by molar-refractivity contribution is 0.511. The van der Waals surface area contributed by atoms with E-state index >= 15 is 0 Å². The highest BCUT2D eigenvalue weighted by Crippen LogP contribution is 2.36. The van der Waals surface area contributed by atoms with Gasteiger partial charge < -0.3 is 5.73 Å². The molecule has 0 fully saturated rings. The number of benzene rings is 2. The van der Waals surface area contributed by atoms with Gasteiger partial charge in [0.25, 0.3) is 0 Å². The smallest absolute Gasteiger partial charge is 0.166 e. The quantitative estimate of drug-likeness (QED) is 0.500. The van der Waals surface area contributed by atoms with E-state index in [0.717, 1.165) is 18.2 Å². The van der Waals surface area contributed by atoms with Gasteiger partial charge in [0, 0.05) is 17.1 Å². The van der Waals surface area contributed by atoms with Crippen LogP contribution in [0.2, 0.25) is 0 Å². The lowest BCUT2D eigenvalue weighted by Gasteiger charge is -2.12. The van der Waals surface area contributed by atoms with Crippen LogP contribution in [-0.4, -0.2) is 9.97 Å². The molecule has 0 bridgehead atoms. The van der Waals surface area contributed by atoms with E-state index < -0.39 is 23.3 Å². The van der Waals surface area contributed by atoms with Crippen molar-refractivity contribution in [1.82, 2.24) is 9.97 Å². The molecule has 2 heterocycles. The van der Waals surface area contributed by atoms with Crippen LogP contribution in [0.25, 0.3) is 33.3 Å². The second-order valence-corrected chi connectivity index (χ2v) is 5.85. The molecule has 0 saturated heterocycles. The third-order valence-electron chi connectivity index (χ3n) is 4.19. The molecule has 4 rings (SSSR count). The normalized spacial score (nSPS) is 11.1. The van der Waals surface area contributed by atoms with Crippen LogP contribution >= 0.6 is 0 Å². The molecular weight excluding hydrogens is 358 g/mol. The van der Waals surface area contributed by atoms with Crippen LogP contribution in [0.4, 0.5) is 23.4 Å². The number of halogens is 4. The molecule has 0 aliphatic carbocycles. The van der Waals surface area contributed by atoms with Crippen LogP contribution in [0, 0.1) is 23.3 Å². The highest BCUT2D eigenvalue weighted by molar-refractivity contribution is 6.01. The fourth-order valence-electron chi connectivity index (χ4n) is 3.01.